The van der Waals surface area contributed by atoms with E-state index in [0.29, 0.717) is 0 Å². The molecule has 0 saturated carbocycles. The van der Waals surface area contributed by atoms with Crippen LogP contribution in [0.1, 0.15) is 12.5 Å². The molecule has 0 radical (unpaired) electrons. The van der Waals surface area contributed by atoms with Gasteiger partial charge < -0.3 is 0 Å². The maximum absolute atomic E-state index is 10.7. The number of thioether (sulfide) groups is 1. The van der Waals surface area contributed by atoms with E-state index in [2.05, 4.69) is 0 Å². The molecule has 0 heterocycles. The number of ketones is 1. The second-order valence-corrected chi connectivity index (χ2v) is 3.53. The summed E-state index contributed by atoms with van der Waals surface area (Å²) < 4.78 is 0. The summed E-state index contributed by atoms with van der Waals surface area (Å²) in [5.74, 6) is 0.0795. The van der Waals surface area contributed by atoms with Crippen LogP contribution in [-0.4, -0.2) is 12.0 Å². The highest BCUT2D eigenvalue weighted by atomic mass is 32.2. The average molecular weight is 192 g/mol. The van der Waals surface area contributed by atoms with Crippen molar-refractivity contribution in [2.75, 3.05) is 6.26 Å². The van der Waals surface area contributed by atoms with E-state index < -0.39 is 0 Å². The van der Waals surface area contributed by atoms with Crippen LogP contribution in [0.4, 0.5) is 0 Å². The van der Waals surface area contributed by atoms with Crippen LogP contribution < -0.4 is 0 Å². The van der Waals surface area contributed by atoms with Gasteiger partial charge in [0, 0.05) is 4.90 Å². The minimum atomic E-state index is 0.0795. The predicted octanol–water partition coefficient (Wildman–Crippen LogP) is 3.01. The van der Waals surface area contributed by atoms with Crippen molar-refractivity contribution in [1.82, 2.24) is 0 Å². The minimum absolute atomic E-state index is 0.0795. The van der Waals surface area contributed by atoms with Crippen LogP contribution in [0, 0.1) is 0 Å². The summed E-state index contributed by atoms with van der Waals surface area (Å²) >= 11 is 1.68. The topological polar surface area (TPSA) is 17.1 Å². The number of allylic oxidation sites excluding steroid dienone is 1. The van der Waals surface area contributed by atoms with Gasteiger partial charge >= 0.3 is 0 Å². The molecule has 1 aromatic rings. The third kappa shape index (κ3) is 3.07. The van der Waals surface area contributed by atoms with Gasteiger partial charge in [0.05, 0.1) is 0 Å². The van der Waals surface area contributed by atoms with Crippen molar-refractivity contribution in [3.05, 3.63) is 35.9 Å². The van der Waals surface area contributed by atoms with E-state index in [4.69, 9.17) is 0 Å². The second-order valence-electron chi connectivity index (χ2n) is 2.69. The van der Waals surface area contributed by atoms with Crippen molar-refractivity contribution in [2.45, 2.75) is 11.8 Å². The molecular formula is C11H12OS. The Morgan fingerprint density at radius 3 is 2.69 bits per heavy atom. The highest BCUT2D eigenvalue weighted by molar-refractivity contribution is 7.98. The van der Waals surface area contributed by atoms with Crippen molar-refractivity contribution in [1.29, 1.82) is 0 Å². The zero-order valence-corrected chi connectivity index (χ0v) is 8.60. The third-order valence-corrected chi connectivity index (χ3v) is 2.45. The van der Waals surface area contributed by atoms with Gasteiger partial charge in [-0.3, -0.25) is 4.79 Å². The van der Waals surface area contributed by atoms with Crippen LogP contribution in [0.15, 0.2) is 35.2 Å². The fourth-order valence-corrected chi connectivity index (χ4v) is 1.60. The molecular weight excluding hydrogens is 180 g/mol. The van der Waals surface area contributed by atoms with Crippen molar-refractivity contribution >= 4 is 23.6 Å². The number of carbonyl (C=O) groups is 1. The molecule has 0 bridgehead atoms. The van der Waals surface area contributed by atoms with Gasteiger partial charge in [-0.25, -0.2) is 0 Å². The summed E-state index contributed by atoms with van der Waals surface area (Å²) in [5.41, 5.74) is 1.10. The molecule has 0 aliphatic heterocycles. The first-order chi connectivity index (χ1) is 6.24. The van der Waals surface area contributed by atoms with Crippen LogP contribution >= 0.6 is 11.8 Å². The molecule has 13 heavy (non-hydrogen) atoms. The highest BCUT2D eigenvalue weighted by Gasteiger charge is 1.95. The first kappa shape index (κ1) is 10.1. The summed E-state index contributed by atoms with van der Waals surface area (Å²) in [6.45, 7) is 1.55. The van der Waals surface area contributed by atoms with E-state index in [0.717, 1.165) is 5.56 Å². The summed E-state index contributed by atoms with van der Waals surface area (Å²) in [7, 11) is 0. The van der Waals surface area contributed by atoms with Gasteiger partial charge in [-0.15, -0.1) is 11.8 Å². The largest absolute Gasteiger partial charge is 0.295 e. The lowest BCUT2D eigenvalue weighted by Crippen LogP contribution is -1.82. The van der Waals surface area contributed by atoms with Crippen LogP contribution in [0.3, 0.4) is 0 Å². The van der Waals surface area contributed by atoms with E-state index in [9.17, 15) is 4.79 Å². The Labute approximate surface area is 82.9 Å². The third-order valence-electron chi connectivity index (χ3n) is 1.64. The van der Waals surface area contributed by atoms with Gasteiger partial charge in [0.2, 0.25) is 0 Å². The maximum atomic E-state index is 10.7. The number of hydrogen-bond donors (Lipinski definition) is 0. The van der Waals surface area contributed by atoms with E-state index in [1.54, 1.807) is 24.8 Å². The fourth-order valence-electron chi connectivity index (χ4n) is 1.01. The lowest BCUT2D eigenvalue weighted by Gasteiger charge is -2.00. The van der Waals surface area contributed by atoms with Gasteiger partial charge in [0.25, 0.3) is 0 Å². The van der Waals surface area contributed by atoms with Gasteiger partial charge in [-0.2, -0.15) is 0 Å². The zero-order valence-electron chi connectivity index (χ0n) is 7.78. The van der Waals surface area contributed by atoms with Crippen LogP contribution in [0.25, 0.3) is 6.08 Å². The molecule has 68 valence electrons. The number of benzene rings is 1. The first-order valence-electron chi connectivity index (χ1n) is 4.05. The Bertz CT molecular complexity index is 329. The molecule has 0 N–H and O–H groups in total. The molecule has 0 aliphatic rings. The van der Waals surface area contributed by atoms with Gasteiger partial charge in [0.1, 0.15) is 0 Å². The molecule has 0 aromatic heterocycles. The first-order valence-corrected chi connectivity index (χ1v) is 5.28. The lowest BCUT2D eigenvalue weighted by molar-refractivity contribution is -0.112. The van der Waals surface area contributed by atoms with E-state index in [1.807, 2.05) is 36.6 Å². The van der Waals surface area contributed by atoms with Gasteiger partial charge in [0.15, 0.2) is 5.78 Å². The normalized spacial score (nSPS) is 10.6. The van der Waals surface area contributed by atoms with Gasteiger partial charge in [-0.1, -0.05) is 24.3 Å². The van der Waals surface area contributed by atoms with Crippen LogP contribution in [0.5, 0.6) is 0 Å². The Hall–Kier alpha value is -1.02. The van der Waals surface area contributed by atoms with Crippen molar-refractivity contribution in [3.8, 4) is 0 Å². The Kier molecular flexibility index (Phi) is 3.77. The summed E-state index contributed by atoms with van der Waals surface area (Å²) in [6.07, 6.45) is 5.48. The van der Waals surface area contributed by atoms with Crippen molar-refractivity contribution < 1.29 is 4.79 Å². The SMILES string of the molecule is CSc1ccccc1/C=C/C(C)=O. The van der Waals surface area contributed by atoms with Gasteiger partial charge in [-0.05, 0) is 30.9 Å². The van der Waals surface area contributed by atoms with E-state index in [1.165, 1.54) is 4.90 Å². The molecule has 0 atom stereocenters. The molecule has 0 spiro atoms. The molecule has 0 aliphatic carbocycles. The van der Waals surface area contributed by atoms with Crippen LogP contribution in [-0.2, 0) is 4.79 Å². The summed E-state index contributed by atoms with van der Waals surface area (Å²) in [6, 6.07) is 8.02. The standard InChI is InChI=1S/C11H12OS/c1-9(12)7-8-10-5-3-4-6-11(10)13-2/h3-8H,1-2H3/b8-7+. The number of hydrogen-bond acceptors (Lipinski definition) is 2. The smallest absolute Gasteiger partial charge is 0.152 e. The highest BCUT2D eigenvalue weighted by Crippen LogP contribution is 2.20. The molecule has 2 heteroatoms. The quantitative estimate of drug-likeness (QED) is 0.541. The maximum Gasteiger partial charge on any atom is 0.152 e. The zero-order chi connectivity index (χ0) is 9.68. The van der Waals surface area contributed by atoms with E-state index >= 15 is 0 Å². The molecule has 0 unspecified atom stereocenters. The number of rotatable bonds is 3. The second kappa shape index (κ2) is 4.87. The van der Waals surface area contributed by atoms with Crippen molar-refractivity contribution in [2.24, 2.45) is 0 Å². The monoisotopic (exact) mass is 192 g/mol. The fraction of sp³-hybridized carbons (Fsp3) is 0.182. The molecule has 1 rings (SSSR count). The van der Waals surface area contributed by atoms with E-state index in [-0.39, 0.29) is 5.78 Å². The summed E-state index contributed by atoms with van der Waals surface area (Å²) in [5, 5.41) is 0. The molecule has 0 amide bonds. The summed E-state index contributed by atoms with van der Waals surface area (Å²) in [4.78, 5) is 11.9. The van der Waals surface area contributed by atoms with Crippen molar-refractivity contribution in [3.63, 3.8) is 0 Å². The van der Waals surface area contributed by atoms with Crippen LogP contribution in [0.2, 0.25) is 0 Å². The Balaban J connectivity index is 2.93. The molecule has 0 fully saturated rings. The lowest BCUT2D eigenvalue weighted by atomic mass is 10.2. The average Bonchev–Trinajstić information content (AvgIpc) is 2.15. The minimum Gasteiger partial charge on any atom is -0.295 e. The molecule has 0 saturated heterocycles. The number of carbonyl (C=O) groups excluding carboxylic acids is 1. The molecule has 1 nitrogen and oxygen atoms in total. The Morgan fingerprint density at radius 2 is 2.08 bits per heavy atom. The molecule has 1 aromatic carbocycles. The Morgan fingerprint density at radius 1 is 1.38 bits per heavy atom. The predicted molar refractivity (Wildman–Crippen MR) is 57.9 cm³/mol.